The molecule has 1 nitrogen and oxygen atoms in total. The molecule has 1 heteroatoms. The molecule has 0 spiro atoms. The summed E-state index contributed by atoms with van der Waals surface area (Å²) in [7, 11) is 2.75. The molecule has 0 aliphatic heterocycles. The van der Waals surface area contributed by atoms with Gasteiger partial charge in [0.25, 0.3) is 0 Å². The molecular formula is C10H33N. The van der Waals surface area contributed by atoms with Gasteiger partial charge < -0.3 is 5.73 Å². The molecule has 0 bridgehead atoms. The van der Waals surface area contributed by atoms with Gasteiger partial charge in [-0.15, -0.1) is 0 Å². The largest absolute Gasteiger partial charge is 0.333 e. The Hall–Kier alpha value is -0.0400. The zero-order chi connectivity index (χ0) is 12.0. The first kappa shape index (κ1) is 30.6. The van der Waals surface area contributed by atoms with Crippen molar-refractivity contribution in [1.29, 1.82) is 0 Å². The molecule has 0 amide bonds. The van der Waals surface area contributed by atoms with Crippen LogP contribution in [0.5, 0.6) is 0 Å². The second kappa shape index (κ2) is 500000. The quantitative estimate of drug-likeness (QED) is 0.574. The molecule has 0 aliphatic carbocycles. The zero-order valence-electron chi connectivity index (χ0n) is 11.6. The van der Waals surface area contributed by atoms with Crippen LogP contribution in [-0.4, -0.2) is 7.05 Å². The van der Waals surface area contributed by atoms with Gasteiger partial charge >= 0.3 is 0 Å². The number of nitrogens with two attached hydrogens (primary N) is 1. The van der Waals surface area contributed by atoms with E-state index in [0.717, 1.165) is 0 Å². The molecule has 0 unspecified atom stereocenters. The van der Waals surface area contributed by atoms with E-state index in [1.807, 2.05) is 55.4 Å². The van der Waals surface area contributed by atoms with E-state index >= 15 is 0 Å². The Labute approximate surface area is 77.8 Å². The maximum absolute atomic E-state index is 5.75. The normalized spacial score (nSPS) is 3.36. The van der Waals surface area contributed by atoms with Crippen LogP contribution in [0.4, 0.5) is 0 Å². The minimum atomic E-state index is 1.25. The van der Waals surface area contributed by atoms with Crippen LogP contribution in [0.2, 0.25) is 0 Å². The molecule has 11 heavy (non-hydrogen) atoms. The van der Waals surface area contributed by atoms with Crippen LogP contribution in [0, 0.1) is 0 Å². The van der Waals surface area contributed by atoms with Gasteiger partial charge in [-0.2, -0.15) is 0 Å². The first-order chi connectivity index (χ1) is 6.00. The molecule has 0 radical (unpaired) electrons. The molecular weight excluding hydrogens is 134 g/mol. The summed E-state index contributed by atoms with van der Waals surface area (Å²) in [6, 6.07) is 0. The van der Waals surface area contributed by atoms with Crippen molar-refractivity contribution < 1.29 is 1.37 Å². The summed E-state index contributed by atoms with van der Waals surface area (Å²) in [6.07, 6.45) is 0. The van der Waals surface area contributed by atoms with Crippen molar-refractivity contribution in [3.63, 3.8) is 0 Å². The van der Waals surface area contributed by atoms with Crippen LogP contribution in [-0.2, 0) is 0 Å². The van der Waals surface area contributed by atoms with Crippen LogP contribution in [0.15, 0.2) is 0 Å². The zero-order valence-corrected chi connectivity index (χ0v) is 10.6. The summed E-state index contributed by atoms with van der Waals surface area (Å²) < 4.78 is 5.75. The van der Waals surface area contributed by atoms with Gasteiger partial charge in [0, 0.05) is 1.37 Å². The van der Waals surface area contributed by atoms with Gasteiger partial charge in [0.05, 0.1) is 0 Å². The van der Waals surface area contributed by atoms with Gasteiger partial charge in [0.2, 0.25) is 0 Å². The smallest absolute Gasteiger partial charge is 0.0194 e. The summed E-state index contributed by atoms with van der Waals surface area (Å²) >= 11 is 0. The Morgan fingerprint density at radius 3 is 0.636 bits per heavy atom. The van der Waals surface area contributed by atoms with E-state index in [1.165, 1.54) is 14.5 Å². The molecule has 0 aliphatic rings. The molecule has 2 N–H and O–H groups in total. The maximum atomic E-state index is 5.75. The number of hydrogen-bond acceptors (Lipinski definition) is 1. The predicted molar refractivity (Wildman–Crippen MR) is 62.2 cm³/mol. The Kier molecular flexibility index (Phi) is 1390000. The van der Waals surface area contributed by atoms with Crippen molar-refractivity contribution in [2.24, 2.45) is 5.73 Å². The highest BCUT2D eigenvalue weighted by molar-refractivity contribution is 3.54. The third-order valence-corrected chi connectivity index (χ3v) is 0. The summed E-state index contributed by atoms with van der Waals surface area (Å²) in [5.41, 5.74) is 4.50. The third kappa shape index (κ3) is 394000. The third-order valence-electron chi connectivity index (χ3n) is 0. The van der Waals surface area contributed by atoms with Crippen LogP contribution in [0.3, 0.4) is 0 Å². The fraction of sp³-hybridized carbons (Fsp3) is 1.00. The lowest BCUT2D eigenvalue weighted by Gasteiger charge is -1.19. The highest BCUT2D eigenvalue weighted by atomic mass is 14.4. The molecule has 0 aromatic rings. The lowest BCUT2D eigenvalue weighted by atomic mass is 11.0. The van der Waals surface area contributed by atoms with E-state index in [0.29, 0.717) is 0 Å². The summed E-state index contributed by atoms with van der Waals surface area (Å²) in [4.78, 5) is 0. The second-order valence-corrected chi connectivity index (χ2v) is 0. The van der Waals surface area contributed by atoms with E-state index in [-0.39, 0.29) is 0 Å². The minimum absolute atomic E-state index is 1.25. The Balaban J connectivity index is -0.00000000900. The molecule has 0 saturated carbocycles. The highest BCUT2D eigenvalue weighted by Crippen LogP contribution is 1.15. The van der Waals surface area contributed by atoms with E-state index in [2.05, 4.69) is 5.73 Å². The van der Waals surface area contributed by atoms with Gasteiger partial charge in [-0.1, -0.05) is 62.8 Å². The summed E-state index contributed by atoms with van der Waals surface area (Å²) in [5.74, 6) is 0. The monoisotopic (exact) mass is 169 g/mol. The first-order valence-electron chi connectivity index (χ1n) is 5.58. The summed E-state index contributed by atoms with van der Waals surface area (Å²) in [5, 5.41) is 0. The highest BCUT2D eigenvalue weighted by Gasteiger charge is 0.938. The fourth-order valence-corrected chi connectivity index (χ4v) is 0. The predicted octanol–water partition coefficient (Wildman–Crippen LogP) is 4.32. The molecule has 0 fully saturated rings. The number of hydrogen-bond donors (Lipinski definition) is 1. The van der Waals surface area contributed by atoms with Crippen LogP contribution in [0.1, 0.15) is 64.2 Å². The Bertz CT molecular complexity index is 9.80. The van der Waals surface area contributed by atoms with Crippen molar-refractivity contribution in [2.75, 3.05) is 7.05 Å². The topological polar surface area (TPSA) is 26.0 Å². The Morgan fingerprint density at radius 2 is 0.636 bits per heavy atom. The SMILES string of the molecule is CC.CC.CC.CC.CN.[3H]C. The summed E-state index contributed by atoms with van der Waals surface area (Å²) in [6.45, 7) is 16.0. The first-order valence-corrected chi connectivity index (χ1v) is 4.58. The lowest BCUT2D eigenvalue weighted by molar-refractivity contribution is 1.48. The van der Waals surface area contributed by atoms with E-state index < -0.39 is 0 Å². The van der Waals surface area contributed by atoms with Crippen molar-refractivity contribution >= 4 is 0 Å². The lowest BCUT2D eigenvalue weighted by Crippen LogP contribution is -1.69. The average Bonchev–Trinajstić information content (AvgIpc) is 2.33. The molecule has 0 aromatic heterocycles. The maximum Gasteiger partial charge on any atom is 0.0194 e. The van der Waals surface area contributed by atoms with Gasteiger partial charge in [-0.3, -0.25) is 0 Å². The molecule has 0 atom stereocenters. The molecule has 78 valence electrons. The second-order valence-electron chi connectivity index (χ2n) is 0. The van der Waals surface area contributed by atoms with Gasteiger partial charge in [0.1, 0.15) is 0 Å². The van der Waals surface area contributed by atoms with Gasteiger partial charge in [0.15, 0.2) is 0 Å². The van der Waals surface area contributed by atoms with Gasteiger partial charge in [-0.05, 0) is 7.05 Å². The van der Waals surface area contributed by atoms with E-state index in [1.54, 1.807) is 0 Å². The van der Waals surface area contributed by atoms with Crippen molar-refractivity contribution in [3.05, 3.63) is 0 Å². The number of rotatable bonds is 0. The fourth-order valence-electron chi connectivity index (χ4n) is 0. The van der Waals surface area contributed by atoms with Crippen molar-refractivity contribution in [2.45, 2.75) is 62.8 Å². The average molecular weight is 169 g/mol. The van der Waals surface area contributed by atoms with Crippen LogP contribution >= 0.6 is 0 Å². The molecule has 0 heterocycles. The molecule has 0 aromatic carbocycles. The molecule has 0 saturated heterocycles. The van der Waals surface area contributed by atoms with Crippen LogP contribution in [0.25, 0.3) is 0 Å². The van der Waals surface area contributed by atoms with Gasteiger partial charge in [-0.25, -0.2) is 0 Å². The van der Waals surface area contributed by atoms with E-state index in [4.69, 9.17) is 1.37 Å². The Morgan fingerprint density at radius 1 is 0.636 bits per heavy atom. The van der Waals surface area contributed by atoms with Crippen molar-refractivity contribution in [1.82, 2.24) is 0 Å². The van der Waals surface area contributed by atoms with E-state index in [9.17, 15) is 0 Å². The molecule has 0 rings (SSSR count). The van der Waals surface area contributed by atoms with Crippen LogP contribution < -0.4 is 5.73 Å². The standard InChI is InChI=1S/4C2H6.CH5N.CH4/c5*1-2;/h4*1-2H3;2H2,1H3;1H4/i;;;;;1T. The van der Waals surface area contributed by atoms with Crippen molar-refractivity contribution in [3.8, 4) is 0 Å². The minimum Gasteiger partial charge on any atom is -0.333 e.